The van der Waals surface area contributed by atoms with E-state index in [1.165, 1.54) is 11.9 Å². The predicted molar refractivity (Wildman–Crippen MR) is 124 cm³/mol. The van der Waals surface area contributed by atoms with E-state index in [-0.39, 0.29) is 6.04 Å². The second kappa shape index (κ2) is 8.15. The SMILES string of the molecule is Cc1ncnc2c1ccn2[C@@H]1C[C@H](Oc2cc(-c3cnnn3C)cc3c2CNCC3)[C@@H](O)[C@H]1O. The normalized spacial score (nSPS) is 24.5. The number of hydrogen-bond acceptors (Lipinski definition) is 8. The standard InChI is InChI=1S/C24H27N7O3/c1-13-16-4-6-31(24(16)27-12-26-13)18-9-21(23(33)22(18)32)34-20-8-15(19-11-28-29-30(19)2)7-14-3-5-25-10-17(14)20/h4,6-8,11-12,18,21-23,25,32-33H,3,5,9-10H2,1-2H3/t18-,21+,22+,23-/m1/s1. The van der Waals surface area contributed by atoms with Crippen LogP contribution in [0.5, 0.6) is 5.75 Å². The summed E-state index contributed by atoms with van der Waals surface area (Å²) in [5.74, 6) is 0.716. The molecule has 4 heterocycles. The quantitative estimate of drug-likeness (QED) is 0.416. The average molecular weight is 462 g/mol. The highest BCUT2D eigenvalue weighted by Crippen LogP contribution is 2.39. The molecule has 2 aliphatic rings. The summed E-state index contributed by atoms with van der Waals surface area (Å²) in [5.41, 5.74) is 5.79. The summed E-state index contributed by atoms with van der Waals surface area (Å²) >= 11 is 0. The van der Waals surface area contributed by atoms with Gasteiger partial charge in [-0.05, 0) is 43.7 Å². The lowest BCUT2D eigenvalue weighted by atomic mass is 9.96. The van der Waals surface area contributed by atoms with E-state index in [2.05, 4.69) is 31.7 Å². The highest BCUT2D eigenvalue weighted by Gasteiger charge is 2.44. The molecule has 0 spiro atoms. The monoisotopic (exact) mass is 461 g/mol. The first-order valence-electron chi connectivity index (χ1n) is 11.5. The summed E-state index contributed by atoms with van der Waals surface area (Å²) in [6.45, 7) is 3.53. The number of ether oxygens (including phenoxy) is 1. The Balaban J connectivity index is 1.34. The minimum Gasteiger partial charge on any atom is -0.487 e. The fourth-order valence-electron chi connectivity index (χ4n) is 5.26. The molecule has 0 saturated heterocycles. The van der Waals surface area contributed by atoms with Crippen molar-refractivity contribution in [1.82, 2.24) is 34.8 Å². The minimum atomic E-state index is -1.03. The van der Waals surface area contributed by atoms with Crippen molar-refractivity contribution in [2.24, 2.45) is 7.05 Å². The van der Waals surface area contributed by atoms with E-state index < -0.39 is 18.3 Å². The van der Waals surface area contributed by atoms with Crippen LogP contribution in [0.15, 0.2) is 36.9 Å². The lowest BCUT2D eigenvalue weighted by Crippen LogP contribution is -2.35. The number of benzene rings is 1. The molecule has 0 bridgehead atoms. The Hall–Kier alpha value is -3.34. The molecule has 0 unspecified atom stereocenters. The third kappa shape index (κ3) is 3.37. The average Bonchev–Trinajstić information content (AvgIpc) is 3.53. The molecule has 10 heteroatoms. The number of nitrogens with zero attached hydrogens (tertiary/aromatic N) is 6. The van der Waals surface area contributed by atoms with Crippen molar-refractivity contribution < 1.29 is 14.9 Å². The van der Waals surface area contributed by atoms with Crippen LogP contribution in [0.2, 0.25) is 0 Å². The van der Waals surface area contributed by atoms with E-state index in [9.17, 15) is 10.2 Å². The Bertz CT molecular complexity index is 1360. The number of nitrogens with one attached hydrogen (secondary N) is 1. The van der Waals surface area contributed by atoms with Gasteiger partial charge in [0.25, 0.3) is 0 Å². The molecule has 1 aromatic carbocycles. The third-order valence-corrected chi connectivity index (χ3v) is 7.13. The molecule has 3 aromatic heterocycles. The summed E-state index contributed by atoms with van der Waals surface area (Å²) in [6.07, 6.45) is 3.93. The van der Waals surface area contributed by atoms with Gasteiger partial charge in [-0.25, -0.2) is 14.6 Å². The lowest BCUT2D eigenvalue weighted by Gasteiger charge is -2.25. The fraction of sp³-hybridized carbons (Fsp3) is 0.417. The van der Waals surface area contributed by atoms with Gasteiger partial charge in [-0.3, -0.25) is 0 Å². The summed E-state index contributed by atoms with van der Waals surface area (Å²) < 4.78 is 10.1. The van der Waals surface area contributed by atoms with E-state index >= 15 is 0 Å². The van der Waals surface area contributed by atoms with Gasteiger partial charge in [0.05, 0.1) is 23.6 Å². The van der Waals surface area contributed by atoms with Gasteiger partial charge in [0.1, 0.15) is 36.0 Å². The molecule has 4 atom stereocenters. The first-order valence-corrected chi connectivity index (χ1v) is 11.5. The number of hydrogen-bond donors (Lipinski definition) is 3. The van der Waals surface area contributed by atoms with Crippen LogP contribution < -0.4 is 10.1 Å². The number of aromatic nitrogens is 6. The van der Waals surface area contributed by atoms with Gasteiger partial charge in [0, 0.05) is 42.7 Å². The Kier molecular flexibility index (Phi) is 5.09. The molecule has 34 heavy (non-hydrogen) atoms. The van der Waals surface area contributed by atoms with E-state index in [0.29, 0.717) is 18.7 Å². The highest BCUT2D eigenvalue weighted by atomic mass is 16.5. The van der Waals surface area contributed by atoms with E-state index in [1.807, 2.05) is 36.9 Å². The van der Waals surface area contributed by atoms with Crippen LogP contribution in [-0.4, -0.2) is 64.6 Å². The zero-order chi connectivity index (χ0) is 23.4. The summed E-state index contributed by atoms with van der Waals surface area (Å²) in [6, 6.07) is 5.74. The van der Waals surface area contributed by atoms with Crippen molar-refractivity contribution in [3.05, 3.63) is 53.7 Å². The van der Waals surface area contributed by atoms with Crippen molar-refractivity contribution in [2.75, 3.05) is 6.54 Å². The molecule has 0 amide bonds. The van der Waals surface area contributed by atoms with Crippen molar-refractivity contribution in [2.45, 2.75) is 50.7 Å². The van der Waals surface area contributed by atoms with Gasteiger partial charge < -0.3 is 24.8 Å². The van der Waals surface area contributed by atoms with Crippen LogP contribution >= 0.6 is 0 Å². The molecular formula is C24H27N7O3. The molecule has 10 nitrogen and oxygen atoms in total. The maximum atomic E-state index is 11.0. The first-order chi connectivity index (χ1) is 16.5. The van der Waals surface area contributed by atoms with Crippen LogP contribution in [0.25, 0.3) is 22.3 Å². The number of aliphatic hydroxyl groups is 2. The maximum Gasteiger partial charge on any atom is 0.143 e. The second-order valence-corrected chi connectivity index (χ2v) is 9.14. The van der Waals surface area contributed by atoms with Gasteiger partial charge in [0.15, 0.2) is 0 Å². The van der Waals surface area contributed by atoms with E-state index in [4.69, 9.17) is 4.74 Å². The number of rotatable bonds is 4. The Morgan fingerprint density at radius 3 is 2.88 bits per heavy atom. The second-order valence-electron chi connectivity index (χ2n) is 9.14. The Morgan fingerprint density at radius 2 is 2.06 bits per heavy atom. The highest BCUT2D eigenvalue weighted by molar-refractivity contribution is 5.78. The minimum absolute atomic E-state index is 0.356. The molecule has 3 N–H and O–H groups in total. The maximum absolute atomic E-state index is 11.0. The van der Waals surface area contributed by atoms with E-state index in [0.717, 1.165) is 46.5 Å². The van der Waals surface area contributed by atoms with Crippen LogP contribution in [0.4, 0.5) is 0 Å². The van der Waals surface area contributed by atoms with Crippen molar-refractivity contribution in [3.63, 3.8) is 0 Å². The summed E-state index contributed by atoms with van der Waals surface area (Å²) in [4.78, 5) is 8.67. The Labute approximate surface area is 196 Å². The molecule has 1 saturated carbocycles. The largest absolute Gasteiger partial charge is 0.487 e. The Morgan fingerprint density at radius 1 is 1.18 bits per heavy atom. The fourth-order valence-corrected chi connectivity index (χ4v) is 5.26. The van der Waals surface area contributed by atoms with Crippen molar-refractivity contribution in [3.8, 4) is 17.0 Å². The third-order valence-electron chi connectivity index (χ3n) is 7.13. The van der Waals surface area contributed by atoms with Crippen molar-refractivity contribution in [1.29, 1.82) is 0 Å². The van der Waals surface area contributed by atoms with Crippen LogP contribution in [0, 0.1) is 6.92 Å². The zero-order valence-electron chi connectivity index (χ0n) is 19.1. The molecule has 1 aliphatic heterocycles. The molecule has 1 fully saturated rings. The first kappa shape index (κ1) is 21.2. The van der Waals surface area contributed by atoms with Crippen molar-refractivity contribution >= 4 is 11.0 Å². The molecule has 176 valence electrons. The van der Waals surface area contributed by atoms with Gasteiger partial charge >= 0.3 is 0 Å². The van der Waals surface area contributed by atoms with Gasteiger partial charge in [-0.1, -0.05) is 5.21 Å². The van der Waals surface area contributed by atoms with Crippen LogP contribution in [-0.2, 0) is 20.0 Å². The smallest absolute Gasteiger partial charge is 0.143 e. The number of aryl methyl sites for hydroxylation is 2. The van der Waals surface area contributed by atoms with Crippen LogP contribution in [0.1, 0.15) is 29.3 Å². The van der Waals surface area contributed by atoms with E-state index in [1.54, 1.807) is 10.9 Å². The molecule has 6 rings (SSSR count). The molecular weight excluding hydrogens is 434 g/mol. The van der Waals surface area contributed by atoms with Gasteiger partial charge in [-0.15, -0.1) is 5.10 Å². The predicted octanol–water partition coefficient (Wildman–Crippen LogP) is 1.30. The molecule has 0 radical (unpaired) electrons. The van der Waals surface area contributed by atoms with Gasteiger partial charge in [-0.2, -0.15) is 0 Å². The zero-order valence-corrected chi connectivity index (χ0v) is 19.1. The lowest BCUT2D eigenvalue weighted by molar-refractivity contribution is -0.0166. The topological polar surface area (TPSA) is 123 Å². The number of aliphatic hydroxyl groups excluding tert-OH is 2. The summed E-state index contributed by atoms with van der Waals surface area (Å²) in [5, 5.41) is 34.3. The van der Waals surface area contributed by atoms with Gasteiger partial charge in [0.2, 0.25) is 0 Å². The summed E-state index contributed by atoms with van der Waals surface area (Å²) in [7, 11) is 1.86. The van der Waals surface area contributed by atoms with Crippen LogP contribution in [0.3, 0.4) is 0 Å². The molecule has 1 aliphatic carbocycles. The number of fused-ring (bicyclic) bond motifs is 2. The molecule has 4 aromatic rings.